The molecule has 30 heavy (non-hydrogen) atoms. The summed E-state index contributed by atoms with van der Waals surface area (Å²) in [6.07, 6.45) is -4.55. The second kappa shape index (κ2) is 8.23. The topological polar surface area (TPSA) is 73.3 Å². The number of ether oxygens (including phenoxy) is 2. The highest BCUT2D eigenvalue weighted by Gasteiger charge is 2.33. The van der Waals surface area contributed by atoms with Crippen molar-refractivity contribution in [3.05, 3.63) is 60.2 Å². The van der Waals surface area contributed by atoms with Crippen molar-refractivity contribution >= 4 is 23.4 Å². The number of thioether (sulfide) groups is 1. The molecular formula is C20H14F3N3O3S. The van der Waals surface area contributed by atoms with Crippen molar-refractivity contribution in [2.45, 2.75) is 11.2 Å². The summed E-state index contributed by atoms with van der Waals surface area (Å²) < 4.78 is 49.6. The quantitative estimate of drug-likeness (QED) is 0.592. The number of nitrogens with zero attached hydrogens (tertiary/aromatic N) is 2. The molecule has 0 unspecified atom stereocenters. The van der Waals surface area contributed by atoms with Gasteiger partial charge in [0.2, 0.25) is 12.7 Å². The molecule has 0 saturated carbocycles. The molecule has 4 rings (SSSR count). The Kier molecular flexibility index (Phi) is 5.49. The van der Waals surface area contributed by atoms with E-state index in [0.717, 1.165) is 23.4 Å². The summed E-state index contributed by atoms with van der Waals surface area (Å²) in [7, 11) is 0. The van der Waals surface area contributed by atoms with Gasteiger partial charge >= 0.3 is 6.18 Å². The Morgan fingerprint density at radius 2 is 1.83 bits per heavy atom. The van der Waals surface area contributed by atoms with Crippen molar-refractivity contribution in [3.63, 3.8) is 0 Å². The Labute approximate surface area is 173 Å². The monoisotopic (exact) mass is 433 g/mol. The molecule has 154 valence electrons. The van der Waals surface area contributed by atoms with Gasteiger partial charge in [0, 0.05) is 5.56 Å². The number of para-hydroxylation sites is 1. The van der Waals surface area contributed by atoms with Crippen LogP contribution in [0.2, 0.25) is 0 Å². The van der Waals surface area contributed by atoms with Crippen molar-refractivity contribution in [2.75, 3.05) is 17.9 Å². The van der Waals surface area contributed by atoms with Gasteiger partial charge in [0.25, 0.3) is 0 Å². The van der Waals surface area contributed by atoms with Crippen LogP contribution < -0.4 is 14.8 Å². The number of rotatable bonds is 5. The Hall–Kier alpha value is -3.27. The fourth-order valence-electron chi connectivity index (χ4n) is 2.77. The first-order chi connectivity index (χ1) is 14.4. The minimum absolute atomic E-state index is 0.107. The Morgan fingerprint density at radius 3 is 2.60 bits per heavy atom. The summed E-state index contributed by atoms with van der Waals surface area (Å²) >= 11 is 1.07. The van der Waals surface area contributed by atoms with Crippen molar-refractivity contribution in [1.82, 2.24) is 10.2 Å². The fourth-order valence-corrected chi connectivity index (χ4v) is 3.39. The Balaban J connectivity index is 1.37. The van der Waals surface area contributed by atoms with Crippen molar-refractivity contribution in [1.29, 1.82) is 0 Å². The molecule has 10 heteroatoms. The number of hydrogen-bond donors (Lipinski definition) is 1. The molecule has 1 aliphatic heterocycles. The third-order valence-electron chi connectivity index (χ3n) is 4.17. The van der Waals surface area contributed by atoms with E-state index in [1.165, 1.54) is 18.2 Å². The first-order valence-electron chi connectivity index (χ1n) is 8.73. The number of carbonyl (C=O) groups is 1. The van der Waals surface area contributed by atoms with Crippen molar-refractivity contribution < 1.29 is 27.4 Å². The number of aromatic nitrogens is 2. The van der Waals surface area contributed by atoms with Crippen molar-refractivity contribution in [3.8, 4) is 22.8 Å². The van der Waals surface area contributed by atoms with Crippen LogP contribution in [0.15, 0.2) is 59.6 Å². The minimum Gasteiger partial charge on any atom is -0.454 e. The van der Waals surface area contributed by atoms with Crippen LogP contribution in [-0.2, 0) is 11.0 Å². The smallest absolute Gasteiger partial charge is 0.418 e. The van der Waals surface area contributed by atoms with Crippen LogP contribution in [0.25, 0.3) is 11.3 Å². The number of carbonyl (C=O) groups excluding carboxylic acids is 1. The average Bonchev–Trinajstić information content (AvgIpc) is 3.20. The van der Waals surface area contributed by atoms with E-state index >= 15 is 0 Å². The van der Waals surface area contributed by atoms with Crippen LogP contribution in [-0.4, -0.2) is 28.7 Å². The summed E-state index contributed by atoms with van der Waals surface area (Å²) in [6, 6.07) is 13.7. The predicted octanol–water partition coefficient (Wildman–Crippen LogP) is 4.62. The SMILES string of the molecule is O=C(CSc1ccc(-c2ccc3c(c2)OCO3)nn1)Nc1ccccc1C(F)(F)F. The predicted molar refractivity (Wildman–Crippen MR) is 104 cm³/mol. The van der Waals surface area contributed by atoms with Crippen molar-refractivity contribution in [2.24, 2.45) is 0 Å². The molecule has 1 aromatic heterocycles. The Morgan fingerprint density at radius 1 is 1.03 bits per heavy atom. The van der Waals surface area contributed by atoms with E-state index in [0.29, 0.717) is 22.2 Å². The van der Waals surface area contributed by atoms with Crippen LogP contribution in [0.4, 0.5) is 18.9 Å². The lowest BCUT2D eigenvalue weighted by atomic mass is 10.1. The van der Waals surface area contributed by atoms with E-state index in [2.05, 4.69) is 15.5 Å². The third kappa shape index (κ3) is 4.48. The van der Waals surface area contributed by atoms with E-state index < -0.39 is 17.6 Å². The van der Waals surface area contributed by atoms with Gasteiger partial charge in [-0.2, -0.15) is 13.2 Å². The first-order valence-corrected chi connectivity index (χ1v) is 9.71. The number of halogens is 3. The maximum Gasteiger partial charge on any atom is 0.418 e. The molecule has 0 fully saturated rings. The molecule has 1 N–H and O–H groups in total. The van der Waals surface area contributed by atoms with Gasteiger partial charge in [-0.25, -0.2) is 0 Å². The zero-order chi connectivity index (χ0) is 21.1. The maximum absolute atomic E-state index is 13.0. The first kappa shape index (κ1) is 20.0. The fraction of sp³-hybridized carbons (Fsp3) is 0.150. The lowest BCUT2D eigenvalue weighted by Crippen LogP contribution is -2.18. The summed E-state index contributed by atoms with van der Waals surface area (Å²) in [5.74, 6) is 0.614. The zero-order valence-electron chi connectivity index (χ0n) is 15.3. The second-order valence-corrected chi connectivity index (χ2v) is 7.20. The van der Waals surface area contributed by atoms with E-state index in [1.54, 1.807) is 24.3 Å². The van der Waals surface area contributed by atoms with Crippen LogP contribution in [0.3, 0.4) is 0 Å². The lowest BCUT2D eigenvalue weighted by molar-refractivity contribution is -0.137. The van der Waals surface area contributed by atoms with E-state index in [1.807, 2.05) is 6.07 Å². The zero-order valence-corrected chi connectivity index (χ0v) is 16.1. The molecule has 6 nitrogen and oxygen atoms in total. The molecule has 0 spiro atoms. The van der Waals surface area contributed by atoms with E-state index in [4.69, 9.17) is 9.47 Å². The molecule has 0 saturated heterocycles. The lowest BCUT2D eigenvalue weighted by Gasteiger charge is -2.13. The minimum atomic E-state index is -4.55. The molecule has 1 amide bonds. The van der Waals surface area contributed by atoms with Gasteiger partial charge < -0.3 is 14.8 Å². The normalized spacial score (nSPS) is 12.6. The second-order valence-electron chi connectivity index (χ2n) is 6.21. The highest BCUT2D eigenvalue weighted by atomic mass is 32.2. The van der Waals surface area contributed by atoms with Crippen LogP contribution in [0.1, 0.15) is 5.56 Å². The van der Waals surface area contributed by atoms with E-state index in [-0.39, 0.29) is 18.2 Å². The van der Waals surface area contributed by atoms with Gasteiger partial charge in [0.05, 0.1) is 22.7 Å². The van der Waals surface area contributed by atoms with Gasteiger partial charge in [0.1, 0.15) is 5.03 Å². The molecular weight excluding hydrogens is 419 g/mol. The highest BCUT2D eigenvalue weighted by molar-refractivity contribution is 7.99. The standard InChI is InChI=1S/C20H14F3N3O3S/c21-20(22,23)13-3-1-2-4-15(13)24-18(27)10-30-19-8-6-14(25-26-19)12-5-7-16-17(9-12)29-11-28-16/h1-9H,10-11H2,(H,24,27). The Bertz CT molecular complexity index is 1070. The molecule has 0 aliphatic carbocycles. The van der Waals surface area contributed by atoms with Gasteiger partial charge in [-0.1, -0.05) is 23.9 Å². The molecule has 2 heterocycles. The summed E-state index contributed by atoms with van der Waals surface area (Å²) in [4.78, 5) is 12.1. The van der Waals surface area contributed by atoms with Gasteiger partial charge in [-0.15, -0.1) is 10.2 Å². The van der Waals surface area contributed by atoms with Gasteiger partial charge in [-0.3, -0.25) is 4.79 Å². The van der Waals surface area contributed by atoms with Crippen LogP contribution in [0, 0.1) is 0 Å². The molecule has 0 bridgehead atoms. The molecule has 0 radical (unpaired) electrons. The summed E-state index contributed by atoms with van der Waals surface area (Å²) in [5.41, 5.74) is 0.238. The number of benzene rings is 2. The largest absolute Gasteiger partial charge is 0.454 e. The number of amides is 1. The number of hydrogen-bond acceptors (Lipinski definition) is 6. The summed E-state index contributed by atoms with van der Waals surface area (Å²) in [5, 5.41) is 11.0. The molecule has 1 aliphatic rings. The highest BCUT2D eigenvalue weighted by Crippen LogP contribution is 2.36. The third-order valence-corrected chi connectivity index (χ3v) is 5.09. The van der Waals surface area contributed by atoms with Gasteiger partial charge in [-0.05, 0) is 42.5 Å². The number of anilines is 1. The molecule has 0 atom stereocenters. The molecule has 2 aromatic carbocycles. The number of nitrogens with one attached hydrogen (secondary N) is 1. The summed E-state index contributed by atoms with van der Waals surface area (Å²) in [6.45, 7) is 0.176. The maximum atomic E-state index is 13.0. The average molecular weight is 433 g/mol. The molecule has 3 aromatic rings. The van der Waals surface area contributed by atoms with Gasteiger partial charge in [0.15, 0.2) is 11.5 Å². The van der Waals surface area contributed by atoms with E-state index in [9.17, 15) is 18.0 Å². The number of fused-ring (bicyclic) bond motifs is 1. The van der Waals surface area contributed by atoms with Crippen LogP contribution in [0.5, 0.6) is 11.5 Å². The van der Waals surface area contributed by atoms with Crippen LogP contribution >= 0.6 is 11.8 Å². The number of alkyl halides is 3.